The second-order valence-electron chi connectivity index (χ2n) is 1.17. The van der Waals surface area contributed by atoms with Crippen LogP contribution < -0.4 is 0 Å². The predicted molar refractivity (Wildman–Crippen MR) is 47.5 cm³/mol. The van der Waals surface area contributed by atoms with Gasteiger partial charge in [0.1, 0.15) is 0 Å². The van der Waals surface area contributed by atoms with Gasteiger partial charge in [-0.3, -0.25) is 0 Å². The molecule has 10 heavy (non-hydrogen) atoms. The van der Waals surface area contributed by atoms with Gasteiger partial charge in [-0.25, -0.2) is 18.6 Å². The number of nitrogens with two attached hydrogens (primary N) is 1. The minimum atomic E-state index is 0. The van der Waals surface area contributed by atoms with Crippen molar-refractivity contribution >= 4 is 0 Å². The molecule has 0 radical (unpaired) electrons. The average molecular weight is 236 g/mol. The zero-order chi connectivity index (χ0) is 4.83. The van der Waals surface area contributed by atoms with Crippen molar-refractivity contribution in [2.75, 3.05) is 0 Å². The normalized spacial score (nSPS) is 5.80. The number of hydrogen-bond acceptors (Lipinski definition) is 0. The Hall–Kier alpha value is 0.232. The second kappa shape index (κ2) is 34.9. The Morgan fingerprint density at radius 1 is 1.30 bits per heavy atom. The molecule has 0 atom stereocenters. The topological polar surface area (TPSA) is 33.5 Å². The van der Waals surface area contributed by atoms with E-state index in [0.717, 1.165) is 6.42 Å². The van der Waals surface area contributed by atoms with Crippen LogP contribution in [0.3, 0.4) is 0 Å². The Labute approximate surface area is 80.5 Å². The van der Waals surface area contributed by atoms with Crippen LogP contribution in [0.4, 0.5) is 0 Å². The van der Waals surface area contributed by atoms with E-state index >= 15 is 0 Å². The standard InChI is InChI=1S/C6H11.2CH3.H2N.Pd/c1-3-5-6-4-2;;;;/h3,5-6H,4H2,1-2H3;2*1H3;1H2;/q4*-1;/b5-3+;;;;. The molecule has 1 nitrogen and oxygen atoms in total. The molecule has 0 saturated carbocycles. The van der Waals surface area contributed by atoms with Crippen LogP contribution in [0.25, 0.3) is 6.15 Å². The van der Waals surface area contributed by atoms with Gasteiger partial charge in [-0.05, 0) is 0 Å². The summed E-state index contributed by atoms with van der Waals surface area (Å²) in [5.41, 5.74) is 0. The first-order valence-electron chi connectivity index (χ1n) is 2.36. The van der Waals surface area contributed by atoms with Gasteiger partial charge in [-0.2, -0.15) is 0 Å². The first-order valence-corrected chi connectivity index (χ1v) is 2.36. The summed E-state index contributed by atoms with van der Waals surface area (Å²) in [6.07, 6.45) is 7.36. The first kappa shape index (κ1) is 31.9. The Balaban J connectivity index is -0.0000000208. The Morgan fingerprint density at radius 3 is 1.80 bits per heavy atom. The van der Waals surface area contributed by atoms with E-state index in [1.807, 2.05) is 13.0 Å². The van der Waals surface area contributed by atoms with Gasteiger partial charge in [0.15, 0.2) is 0 Å². The third-order valence-corrected chi connectivity index (χ3v) is 0.564. The van der Waals surface area contributed by atoms with Crippen LogP contribution in [-0.2, 0) is 20.4 Å². The van der Waals surface area contributed by atoms with Gasteiger partial charge in [0, 0.05) is 20.4 Å². The van der Waals surface area contributed by atoms with E-state index in [1.165, 1.54) is 0 Å². The van der Waals surface area contributed by atoms with E-state index in [1.54, 1.807) is 0 Å². The maximum atomic E-state index is 2.12. The molecule has 0 unspecified atom stereocenters. The molecule has 2 N–H and O–H groups in total. The van der Waals surface area contributed by atoms with Crippen molar-refractivity contribution in [2.24, 2.45) is 0 Å². The molecular weight excluding hydrogens is 217 g/mol. The van der Waals surface area contributed by atoms with Crippen molar-refractivity contribution in [3.63, 3.8) is 0 Å². The second-order valence-corrected chi connectivity index (χ2v) is 1.17. The maximum absolute atomic E-state index is 2.12. The van der Waals surface area contributed by atoms with Crippen LogP contribution in [0.2, 0.25) is 0 Å². The van der Waals surface area contributed by atoms with E-state index in [-0.39, 0.29) is 41.4 Å². The fourth-order valence-corrected chi connectivity index (χ4v) is 0.272. The molecule has 0 bridgehead atoms. The van der Waals surface area contributed by atoms with Crippen LogP contribution in [0, 0.1) is 21.3 Å². The zero-order valence-electron chi connectivity index (χ0n) is 7.33. The van der Waals surface area contributed by atoms with Crippen molar-refractivity contribution < 1.29 is 20.4 Å². The number of hydrogen-bond donors (Lipinski definition) is 0. The van der Waals surface area contributed by atoms with Crippen molar-refractivity contribution in [3.8, 4) is 0 Å². The summed E-state index contributed by atoms with van der Waals surface area (Å²) in [5, 5.41) is 0. The van der Waals surface area contributed by atoms with Crippen molar-refractivity contribution in [3.05, 3.63) is 39.6 Å². The summed E-state index contributed by atoms with van der Waals surface area (Å²) in [4.78, 5) is 0. The monoisotopic (exact) mass is 235 g/mol. The van der Waals surface area contributed by atoms with E-state index in [2.05, 4.69) is 19.4 Å². The third-order valence-electron chi connectivity index (χ3n) is 0.564. The van der Waals surface area contributed by atoms with Gasteiger partial charge in [-0.15, -0.1) is 13.3 Å². The summed E-state index contributed by atoms with van der Waals surface area (Å²) in [6.45, 7) is 4.14. The Morgan fingerprint density at radius 2 is 1.70 bits per heavy atom. The van der Waals surface area contributed by atoms with Crippen molar-refractivity contribution in [2.45, 2.75) is 20.3 Å². The van der Waals surface area contributed by atoms with Crippen LogP contribution in [-0.4, -0.2) is 0 Å². The summed E-state index contributed by atoms with van der Waals surface area (Å²) < 4.78 is 0. The summed E-state index contributed by atoms with van der Waals surface area (Å²) in [7, 11) is 0. The minimum Gasteiger partial charge on any atom is -0.693 e. The van der Waals surface area contributed by atoms with Crippen LogP contribution >= 0.6 is 0 Å². The van der Waals surface area contributed by atoms with Gasteiger partial charge in [0.05, 0.1) is 0 Å². The largest absolute Gasteiger partial charge is 0.693 e. The Bertz CT molecular complexity index is 44.5. The Kier molecular flexibility index (Phi) is 111. The van der Waals surface area contributed by atoms with Gasteiger partial charge in [0.2, 0.25) is 0 Å². The molecule has 2 heteroatoms. The number of allylic oxidation sites excluding steroid dienone is 2. The molecule has 0 aliphatic heterocycles. The zero-order valence-corrected chi connectivity index (χ0v) is 8.89. The minimum absolute atomic E-state index is 0. The van der Waals surface area contributed by atoms with E-state index < -0.39 is 0 Å². The van der Waals surface area contributed by atoms with Crippen LogP contribution in [0.15, 0.2) is 12.2 Å². The fourth-order valence-electron chi connectivity index (χ4n) is 0.272. The third kappa shape index (κ3) is 41.2. The average Bonchev–Trinajstić information content (AvgIpc) is 1.61. The summed E-state index contributed by atoms with van der Waals surface area (Å²) in [5.74, 6) is 0. The van der Waals surface area contributed by atoms with Crippen molar-refractivity contribution in [1.82, 2.24) is 0 Å². The molecule has 0 aliphatic rings. The molecule has 0 rings (SSSR count). The number of rotatable bonds is 2. The molecule has 0 amide bonds. The molecule has 0 saturated heterocycles. The smallest absolute Gasteiger partial charge is 0 e. The van der Waals surface area contributed by atoms with Crippen LogP contribution in [0.1, 0.15) is 20.3 Å². The maximum Gasteiger partial charge on any atom is 0 e. The molecule has 0 fully saturated rings. The van der Waals surface area contributed by atoms with Gasteiger partial charge in [-0.1, -0.05) is 6.92 Å². The quantitative estimate of drug-likeness (QED) is 0.515. The molecule has 0 aromatic heterocycles. The molecule has 0 aliphatic carbocycles. The summed E-state index contributed by atoms with van der Waals surface area (Å²) >= 11 is 0. The molecule has 0 heterocycles. The summed E-state index contributed by atoms with van der Waals surface area (Å²) in [6, 6.07) is 0. The van der Waals surface area contributed by atoms with Gasteiger partial charge in [0.25, 0.3) is 0 Å². The fraction of sp³-hybridized carbons (Fsp3) is 0.375. The molecule has 0 spiro atoms. The molecule has 0 aromatic rings. The van der Waals surface area contributed by atoms with Crippen molar-refractivity contribution in [1.29, 1.82) is 0 Å². The molecule has 0 aromatic carbocycles. The van der Waals surface area contributed by atoms with E-state index in [0.29, 0.717) is 0 Å². The molecule has 70 valence electrons. The van der Waals surface area contributed by atoms with Gasteiger partial charge >= 0.3 is 0 Å². The first-order chi connectivity index (χ1) is 2.91. The predicted octanol–water partition coefficient (Wildman–Crippen LogP) is 3.79. The van der Waals surface area contributed by atoms with E-state index in [4.69, 9.17) is 0 Å². The SMILES string of the molecule is C/C=C/[CH-]CC.[CH3-].[CH3-].[NH2-].[Pd]. The number of unbranched alkanes of at least 4 members (excludes halogenated alkanes) is 1. The molecular formula is C8H19NPd-4. The van der Waals surface area contributed by atoms with Crippen LogP contribution in [0.5, 0.6) is 0 Å². The van der Waals surface area contributed by atoms with E-state index in [9.17, 15) is 0 Å². The van der Waals surface area contributed by atoms with Gasteiger partial charge < -0.3 is 21.0 Å².